The average molecular weight is 193 g/mol. The zero-order chi connectivity index (χ0) is 10.1. The van der Waals surface area contributed by atoms with E-state index < -0.39 is 5.97 Å². The predicted octanol–water partition coefficient (Wildman–Crippen LogP) is -0.220. The third-order valence-corrected chi connectivity index (χ3v) is 1.89. The number of aryl methyl sites for hydroxylation is 1. The molecule has 0 saturated heterocycles. The fraction of sp³-hybridized carbons (Fsp3) is 0.286. The third kappa shape index (κ3) is 1.10. The Kier molecular flexibility index (Phi) is 1.84. The van der Waals surface area contributed by atoms with Crippen molar-refractivity contribution in [2.45, 2.75) is 13.3 Å². The van der Waals surface area contributed by atoms with Gasteiger partial charge in [-0.2, -0.15) is 4.52 Å². The van der Waals surface area contributed by atoms with Crippen LogP contribution in [0.15, 0.2) is 6.20 Å². The lowest BCUT2D eigenvalue weighted by molar-refractivity contribution is 0.0685. The van der Waals surface area contributed by atoms with Crippen molar-refractivity contribution in [3.8, 4) is 0 Å². The molecule has 0 fully saturated rings. The molecule has 14 heavy (non-hydrogen) atoms. The summed E-state index contributed by atoms with van der Waals surface area (Å²) >= 11 is 0. The van der Waals surface area contributed by atoms with E-state index in [9.17, 15) is 4.79 Å². The van der Waals surface area contributed by atoms with Crippen molar-refractivity contribution in [3.05, 3.63) is 17.5 Å². The Balaban J connectivity index is 2.82. The Bertz CT molecular complexity index is 492. The zero-order valence-electron chi connectivity index (χ0n) is 7.38. The van der Waals surface area contributed by atoms with Gasteiger partial charge >= 0.3 is 5.97 Å². The van der Waals surface area contributed by atoms with Gasteiger partial charge in [0.15, 0.2) is 5.69 Å². The Hall–Kier alpha value is -2.05. The van der Waals surface area contributed by atoms with Crippen LogP contribution in [-0.2, 0) is 6.42 Å². The number of carboxylic acids is 1. The number of rotatable bonds is 2. The molecule has 2 aromatic rings. The van der Waals surface area contributed by atoms with E-state index in [0.717, 1.165) is 4.52 Å². The van der Waals surface area contributed by atoms with E-state index in [1.54, 1.807) is 0 Å². The summed E-state index contributed by atoms with van der Waals surface area (Å²) in [5, 5.41) is 19.5. The maximum Gasteiger partial charge on any atom is 0.355 e. The molecule has 72 valence electrons. The second-order valence-corrected chi connectivity index (χ2v) is 2.68. The SMILES string of the molecule is CCc1cnc2nnnn2c1C(=O)O. The molecule has 0 aliphatic carbocycles. The van der Waals surface area contributed by atoms with Crippen LogP contribution in [0.2, 0.25) is 0 Å². The first-order valence-electron chi connectivity index (χ1n) is 4.03. The van der Waals surface area contributed by atoms with Gasteiger partial charge in [0.25, 0.3) is 5.78 Å². The van der Waals surface area contributed by atoms with Crippen LogP contribution in [0.1, 0.15) is 23.0 Å². The lowest BCUT2D eigenvalue weighted by atomic mass is 10.2. The summed E-state index contributed by atoms with van der Waals surface area (Å²) in [5.41, 5.74) is 0.680. The molecule has 0 radical (unpaired) electrons. The lowest BCUT2D eigenvalue weighted by Crippen LogP contribution is -2.11. The molecular weight excluding hydrogens is 186 g/mol. The number of aromatic nitrogens is 5. The van der Waals surface area contributed by atoms with Crippen LogP contribution in [0, 0.1) is 0 Å². The summed E-state index contributed by atoms with van der Waals surface area (Å²) in [6.07, 6.45) is 2.06. The number of carbonyl (C=O) groups is 1. The van der Waals surface area contributed by atoms with Gasteiger partial charge in [-0.25, -0.2) is 9.78 Å². The van der Waals surface area contributed by atoms with Gasteiger partial charge in [-0.15, -0.1) is 0 Å². The molecule has 1 N–H and O–H groups in total. The van der Waals surface area contributed by atoms with Gasteiger partial charge in [0.05, 0.1) is 0 Å². The molecule has 0 saturated carbocycles. The number of nitrogens with zero attached hydrogens (tertiary/aromatic N) is 5. The molecule has 0 unspecified atom stereocenters. The Morgan fingerprint density at radius 3 is 3.07 bits per heavy atom. The van der Waals surface area contributed by atoms with Gasteiger partial charge in [-0.3, -0.25) is 0 Å². The van der Waals surface area contributed by atoms with Crippen LogP contribution in [0.4, 0.5) is 0 Å². The number of hydrogen-bond donors (Lipinski definition) is 1. The molecule has 0 spiro atoms. The average Bonchev–Trinajstić information content (AvgIpc) is 2.62. The van der Waals surface area contributed by atoms with Crippen molar-refractivity contribution < 1.29 is 9.90 Å². The Labute approximate surface area is 78.4 Å². The minimum absolute atomic E-state index is 0.0718. The summed E-state index contributed by atoms with van der Waals surface area (Å²) in [5.74, 6) is -0.860. The first-order valence-corrected chi connectivity index (χ1v) is 4.03. The normalized spacial score (nSPS) is 10.6. The number of carboxylic acid groups (broad SMARTS) is 1. The monoisotopic (exact) mass is 193 g/mol. The van der Waals surface area contributed by atoms with E-state index in [4.69, 9.17) is 5.11 Å². The fourth-order valence-corrected chi connectivity index (χ4v) is 1.23. The second kappa shape index (κ2) is 3.02. The summed E-state index contributed by atoms with van der Waals surface area (Å²) in [6.45, 7) is 1.85. The van der Waals surface area contributed by atoms with E-state index in [1.807, 2.05) is 6.92 Å². The Morgan fingerprint density at radius 2 is 2.43 bits per heavy atom. The van der Waals surface area contributed by atoms with Gasteiger partial charge in [0.1, 0.15) is 0 Å². The highest BCUT2D eigenvalue weighted by Crippen LogP contribution is 2.08. The lowest BCUT2D eigenvalue weighted by Gasteiger charge is -2.02. The summed E-state index contributed by atoms with van der Waals surface area (Å²) < 4.78 is 1.13. The summed E-state index contributed by atoms with van der Waals surface area (Å²) in [7, 11) is 0. The molecule has 2 rings (SSSR count). The van der Waals surface area contributed by atoms with Crippen LogP contribution < -0.4 is 0 Å². The molecule has 0 bridgehead atoms. The standard InChI is InChI=1S/C7H7N5O2/c1-2-4-3-8-7-9-10-11-12(7)5(4)6(13)14/h3H,2H2,1H3,(H,13,14). The molecule has 0 amide bonds. The van der Waals surface area contributed by atoms with E-state index in [2.05, 4.69) is 20.5 Å². The van der Waals surface area contributed by atoms with Gasteiger partial charge in [0, 0.05) is 11.8 Å². The smallest absolute Gasteiger partial charge is 0.355 e. The molecule has 2 heterocycles. The molecule has 7 heteroatoms. The van der Waals surface area contributed by atoms with Gasteiger partial charge < -0.3 is 5.11 Å². The highest BCUT2D eigenvalue weighted by molar-refractivity contribution is 5.87. The van der Waals surface area contributed by atoms with Gasteiger partial charge in [-0.1, -0.05) is 12.0 Å². The van der Waals surface area contributed by atoms with E-state index >= 15 is 0 Å². The highest BCUT2D eigenvalue weighted by atomic mass is 16.4. The van der Waals surface area contributed by atoms with Crippen LogP contribution in [0.3, 0.4) is 0 Å². The summed E-state index contributed by atoms with van der Waals surface area (Å²) in [6, 6.07) is 0. The van der Waals surface area contributed by atoms with Crippen molar-refractivity contribution >= 4 is 11.7 Å². The van der Waals surface area contributed by atoms with Crippen LogP contribution in [-0.4, -0.2) is 36.1 Å². The van der Waals surface area contributed by atoms with Crippen molar-refractivity contribution in [2.75, 3.05) is 0 Å². The van der Waals surface area contributed by atoms with Gasteiger partial charge in [-0.05, 0) is 16.8 Å². The quantitative estimate of drug-likeness (QED) is 0.708. The number of aromatic carboxylic acids is 1. The minimum Gasteiger partial charge on any atom is -0.476 e. The molecule has 7 nitrogen and oxygen atoms in total. The third-order valence-electron chi connectivity index (χ3n) is 1.89. The number of hydrogen-bond acceptors (Lipinski definition) is 5. The predicted molar refractivity (Wildman–Crippen MR) is 44.9 cm³/mol. The molecule has 0 aliphatic heterocycles. The number of fused-ring (bicyclic) bond motifs is 1. The number of tetrazole rings is 1. The van der Waals surface area contributed by atoms with Gasteiger partial charge in [0.2, 0.25) is 0 Å². The van der Waals surface area contributed by atoms with Crippen molar-refractivity contribution in [1.29, 1.82) is 0 Å². The van der Waals surface area contributed by atoms with Crippen molar-refractivity contribution in [1.82, 2.24) is 25.0 Å². The maximum absolute atomic E-state index is 10.9. The first kappa shape index (κ1) is 8.54. The topological polar surface area (TPSA) is 93.3 Å². The molecule has 0 aliphatic rings. The van der Waals surface area contributed by atoms with E-state index in [-0.39, 0.29) is 11.5 Å². The van der Waals surface area contributed by atoms with Crippen LogP contribution >= 0.6 is 0 Å². The molecule has 2 aromatic heterocycles. The van der Waals surface area contributed by atoms with Crippen LogP contribution in [0.5, 0.6) is 0 Å². The van der Waals surface area contributed by atoms with E-state index in [0.29, 0.717) is 12.0 Å². The second-order valence-electron chi connectivity index (χ2n) is 2.68. The summed E-state index contributed by atoms with van der Waals surface area (Å²) in [4.78, 5) is 14.9. The zero-order valence-corrected chi connectivity index (χ0v) is 7.38. The van der Waals surface area contributed by atoms with Crippen molar-refractivity contribution in [2.24, 2.45) is 0 Å². The first-order chi connectivity index (χ1) is 6.74. The fourth-order valence-electron chi connectivity index (χ4n) is 1.23. The Morgan fingerprint density at radius 1 is 1.64 bits per heavy atom. The maximum atomic E-state index is 10.9. The largest absolute Gasteiger partial charge is 0.476 e. The minimum atomic E-state index is -1.05. The van der Waals surface area contributed by atoms with Crippen molar-refractivity contribution in [3.63, 3.8) is 0 Å². The van der Waals surface area contributed by atoms with Crippen LogP contribution in [0.25, 0.3) is 5.78 Å². The van der Waals surface area contributed by atoms with E-state index in [1.165, 1.54) is 6.20 Å². The molecule has 0 aromatic carbocycles. The molecule has 0 atom stereocenters. The molecular formula is C7H7N5O2. The highest BCUT2D eigenvalue weighted by Gasteiger charge is 2.16.